The zero-order chi connectivity index (χ0) is 23.8. The lowest BCUT2D eigenvalue weighted by Crippen LogP contribution is -2.44. The van der Waals surface area contributed by atoms with Crippen LogP contribution in [-0.2, 0) is 19.6 Å². The number of carbonyl (C=O) groups excluding carboxylic acids is 2. The van der Waals surface area contributed by atoms with Gasteiger partial charge in [0.2, 0.25) is 15.9 Å². The van der Waals surface area contributed by atoms with Gasteiger partial charge in [0, 0.05) is 37.3 Å². The first-order valence-electron chi connectivity index (χ1n) is 11.2. The third-order valence-corrected chi connectivity index (χ3v) is 8.32. The van der Waals surface area contributed by atoms with Gasteiger partial charge in [-0.1, -0.05) is 18.2 Å². The summed E-state index contributed by atoms with van der Waals surface area (Å²) in [5.74, 6) is -0.108. The lowest BCUT2D eigenvalue weighted by Gasteiger charge is -2.34. The highest BCUT2D eigenvalue weighted by Gasteiger charge is 2.35. The summed E-state index contributed by atoms with van der Waals surface area (Å²) in [6, 6.07) is 12.6. The number of aryl methyl sites for hydroxylation is 1. The van der Waals surface area contributed by atoms with E-state index in [1.807, 2.05) is 37.3 Å². The van der Waals surface area contributed by atoms with Gasteiger partial charge in [0.25, 0.3) is 5.91 Å². The summed E-state index contributed by atoms with van der Waals surface area (Å²) in [7, 11) is -3.77. The Bertz CT molecular complexity index is 1160. The number of sulfonamides is 1. The molecule has 1 atom stereocenters. The molecule has 2 aromatic carbocycles. The van der Waals surface area contributed by atoms with Crippen molar-refractivity contribution in [2.24, 2.45) is 5.92 Å². The summed E-state index contributed by atoms with van der Waals surface area (Å²) >= 11 is 0. The molecule has 33 heavy (non-hydrogen) atoms. The van der Waals surface area contributed by atoms with Gasteiger partial charge in [-0.05, 0) is 57.4 Å². The van der Waals surface area contributed by atoms with Crippen molar-refractivity contribution in [1.82, 2.24) is 4.31 Å². The number of carbonyl (C=O) groups is 2. The van der Waals surface area contributed by atoms with Crippen LogP contribution in [0.3, 0.4) is 0 Å². The molecular formula is C24H29N3O5S. The Balaban J connectivity index is 1.49. The number of benzene rings is 2. The molecule has 0 saturated carbocycles. The van der Waals surface area contributed by atoms with Crippen LogP contribution in [0, 0.1) is 12.8 Å². The monoisotopic (exact) mass is 471 g/mol. The number of hydrogen-bond donors (Lipinski definition) is 1. The fourth-order valence-corrected chi connectivity index (χ4v) is 6.09. The molecule has 0 aromatic heterocycles. The van der Waals surface area contributed by atoms with Gasteiger partial charge in [0.1, 0.15) is 5.75 Å². The van der Waals surface area contributed by atoms with Crippen LogP contribution in [0.2, 0.25) is 0 Å². The predicted molar refractivity (Wildman–Crippen MR) is 126 cm³/mol. The molecule has 0 aliphatic carbocycles. The van der Waals surface area contributed by atoms with Crippen LogP contribution < -0.4 is 15.0 Å². The van der Waals surface area contributed by atoms with Crippen molar-refractivity contribution in [3.8, 4) is 5.75 Å². The van der Waals surface area contributed by atoms with E-state index in [0.717, 1.165) is 5.69 Å². The maximum atomic E-state index is 13.4. The Hall–Kier alpha value is -2.91. The molecule has 8 nitrogen and oxygen atoms in total. The van der Waals surface area contributed by atoms with Gasteiger partial charge in [0.15, 0.2) is 6.10 Å². The first-order chi connectivity index (χ1) is 15.7. The molecule has 1 saturated heterocycles. The molecule has 2 aliphatic rings. The molecule has 9 heteroatoms. The second-order valence-electron chi connectivity index (χ2n) is 8.46. The summed E-state index contributed by atoms with van der Waals surface area (Å²) < 4.78 is 33.9. The minimum absolute atomic E-state index is 0.0313. The first-order valence-corrected chi connectivity index (χ1v) is 12.6. The van der Waals surface area contributed by atoms with E-state index >= 15 is 0 Å². The Morgan fingerprint density at radius 3 is 2.48 bits per heavy atom. The molecule has 2 aliphatic heterocycles. The Kier molecular flexibility index (Phi) is 6.45. The molecule has 4 rings (SSSR count). The smallest absolute Gasteiger partial charge is 0.265 e. The molecule has 176 valence electrons. The number of piperidine rings is 1. The second-order valence-corrected chi connectivity index (χ2v) is 10.4. The van der Waals surface area contributed by atoms with Crippen LogP contribution in [0.1, 0.15) is 32.3 Å². The van der Waals surface area contributed by atoms with Gasteiger partial charge >= 0.3 is 0 Å². The van der Waals surface area contributed by atoms with Gasteiger partial charge in [-0.15, -0.1) is 0 Å². The zero-order valence-corrected chi connectivity index (χ0v) is 19.9. The van der Waals surface area contributed by atoms with Crippen LogP contribution in [0.5, 0.6) is 5.75 Å². The maximum Gasteiger partial charge on any atom is 0.265 e. The van der Waals surface area contributed by atoms with Crippen molar-refractivity contribution >= 4 is 33.2 Å². The van der Waals surface area contributed by atoms with Crippen molar-refractivity contribution in [2.75, 3.05) is 29.9 Å². The van der Waals surface area contributed by atoms with E-state index in [9.17, 15) is 18.0 Å². The number of nitrogens with one attached hydrogen (secondary N) is 1. The van der Waals surface area contributed by atoms with Crippen LogP contribution in [0.4, 0.5) is 11.4 Å². The highest BCUT2D eigenvalue weighted by Crippen LogP contribution is 2.36. The van der Waals surface area contributed by atoms with Gasteiger partial charge in [-0.3, -0.25) is 9.59 Å². The number of amides is 2. The largest absolute Gasteiger partial charge is 0.479 e. The molecular weight excluding hydrogens is 442 g/mol. The average molecular weight is 472 g/mol. The maximum absolute atomic E-state index is 13.4. The van der Waals surface area contributed by atoms with Gasteiger partial charge in [0.05, 0.1) is 10.6 Å². The summed E-state index contributed by atoms with van der Waals surface area (Å²) in [4.78, 5) is 26.9. The van der Waals surface area contributed by atoms with E-state index in [0.29, 0.717) is 36.4 Å². The quantitative estimate of drug-likeness (QED) is 0.723. The van der Waals surface area contributed by atoms with Crippen molar-refractivity contribution in [1.29, 1.82) is 0 Å². The summed E-state index contributed by atoms with van der Waals surface area (Å²) in [5, 5.41) is 2.74. The highest BCUT2D eigenvalue weighted by atomic mass is 32.2. The summed E-state index contributed by atoms with van der Waals surface area (Å²) in [6.45, 7) is 6.36. The topological polar surface area (TPSA) is 96.0 Å². The van der Waals surface area contributed by atoms with Crippen molar-refractivity contribution in [3.05, 3.63) is 48.0 Å². The standard InChI is InChI=1S/C24H29N3O5S/c1-4-27(19-8-6-5-7-9-19)24(29)18-10-12-26(13-11-18)33(30,31)22-15-21-20(14-16(22)2)25-23(28)17(3)32-21/h5-9,14-15,17-18H,4,10-13H2,1-3H3,(H,25,28)/t17-/m0/s1. The van der Waals surface area contributed by atoms with E-state index in [1.54, 1.807) is 24.8 Å². The van der Waals surface area contributed by atoms with Crippen LogP contribution >= 0.6 is 0 Å². The number of para-hydroxylation sites is 1. The zero-order valence-electron chi connectivity index (χ0n) is 19.1. The second kappa shape index (κ2) is 9.15. The normalized spacial score (nSPS) is 19.4. The third-order valence-electron chi connectivity index (χ3n) is 6.28. The minimum Gasteiger partial charge on any atom is -0.479 e. The molecule has 0 spiro atoms. The van der Waals surface area contributed by atoms with Crippen LogP contribution in [0.25, 0.3) is 0 Å². The fourth-order valence-electron chi connectivity index (χ4n) is 4.40. The van der Waals surface area contributed by atoms with Gasteiger partial charge < -0.3 is 15.0 Å². The number of ether oxygens (including phenoxy) is 1. The number of nitrogens with zero attached hydrogens (tertiary/aromatic N) is 2. The first kappa shape index (κ1) is 23.3. The van der Waals surface area contributed by atoms with E-state index in [4.69, 9.17) is 4.74 Å². The van der Waals surface area contributed by atoms with E-state index in [2.05, 4.69) is 5.32 Å². The lowest BCUT2D eigenvalue weighted by atomic mass is 9.96. The van der Waals surface area contributed by atoms with E-state index in [-0.39, 0.29) is 35.7 Å². The molecule has 0 radical (unpaired) electrons. The molecule has 1 N–H and O–H groups in total. The summed E-state index contributed by atoms with van der Waals surface area (Å²) in [6.07, 6.45) is 0.243. The Morgan fingerprint density at radius 1 is 1.18 bits per heavy atom. The summed E-state index contributed by atoms with van der Waals surface area (Å²) in [5.41, 5.74) is 1.86. The molecule has 2 aromatic rings. The van der Waals surface area contributed by atoms with Gasteiger partial charge in [-0.2, -0.15) is 4.31 Å². The average Bonchev–Trinajstić information content (AvgIpc) is 2.81. The molecule has 1 fully saturated rings. The SMILES string of the molecule is CCN(C(=O)C1CCN(S(=O)(=O)c2cc3c(cc2C)NC(=O)[C@H](C)O3)CC1)c1ccccc1. The Morgan fingerprint density at radius 2 is 1.85 bits per heavy atom. The molecule has 0 unspecified atom stereocenters. The van der Waals surface area contributed by atoms with Crippen molar-refractivity contribution in [3.63, 3.8) is 0 Å². The predicted octanol–water partition coefficient (Wildman–Crippen LogP) is 3.17. The van der Waals surface area contributed by atoms with Crippen molar-refractivity contribution in [2.45, 2.75) is 44.6 Å². The fraction of sp³-hybridized carbons (Fsp3) is 0.417. The minimum atomic E-state index is -3.77. The Labute approximate surface area is 194 Å². The highest BCUT2D eigenvalue weighted by molar-refractivity contribution is 7.89. The van der Waals surface area contributed by atoms with Crippen LogP contribution in [0.15, 0.2) is 47.4 Å². The number of fused-ring (bicyclic) bond motifs is 1. The van der Waals surface area contributed by atoms with Crippen LogP contribution in [-0.4, -0.2) is 50.3 Å². The number of hydrogen-bond acceptors (Lipinski definition) is 5. The number of anilines is 2. The van der Waals surface area contributed by atoms with E-state index < -0.39 is 16.1 Å². The van der Waals surface area contributed by atoms with E-state index in [1.165, 1.54) is 10.4 Å². The molecule has 2 heterocycles. The van der Waals surface area contributed by atoms with Gasteiger partial charge in [-0.25, -0.2) is 8.42 Å². The van der Waals surface area contributed by atoms with Crippen molar-refractivity contribution < 1.29 is 22.7 Å². The third kappa shape index (κ3) is 4.47. The molecule has 0 bridgehead atoms. The number of rotatable bonds is 5. The molecule has 2 amide bonds. The lowest BCUT2D eigenvalue weighted by molar-refractivity contribution is -0.123.